The van der Waals surface area contributed by atoms with Gasteiger partial charge in [-0.1, -0.05) is 11.3 Å². The minimum Gasteiger partial charge on any atom is -0.506 e. The number of fused-ring (bicyclic) bond motifs is 1. The average Bonchev–Trinajstić information content (AvgIpc) is 2.85. The molecule has 0 aromatic carbocycles. The highest BCUT2D eigenvalue weighted by Crippen LogP contribution is 2.32. The molecule has 10 heteroatoms. The highest BCUT2D eigenvalue weighted by atomic mass is 32.1. The summed E-state index contributed by atoms with van der Waals surface area (Å²) in [4.78, 5) is 3.75. The molecule has 3 aromatic heterocycles. The van der Waals surface area contributed by atoms with Crippen LogP contribution in [0.25, 0.3) is 15.5 Å². The maximum absolute atomic E-state index is 12.6. The molecule has 0 saturated heterocycles. The van der Waals surface area contributed by atoms with Gasteiger partial charge in [0.15, 0.2) is 0 Å². The Hall–Kier alpha value is -2.23. The molecule has 98 valence electrons. The van der Waals surface area contributed by atoms with Gasteiger partial charge in [-0.2, -0.15) is 22.8 Å². The summed E-state index contributed by atoms with van der Waals surface area (Å²) < 4.78 is 38.5. The van der Waals surface area contributed by atoms with E-state index < -0.39 is 12.0 Å². The van der Waals surface area contributed by atoms with E-state index in [4.69, 9.17) is 0 Å². The predicted octanol–water partition coefficient (Wildman–Crippen LogP) is 1.97. The van der Waals surface area contributed by atoms with Gasteiger partial charge in [0.2, 0.25) is 4.96 Å². The summed E-state index contributed by atoms with van der Waals surface area (Å²) in [5.74, 6) is -1.28. The van der Waals surface area contributed by atoms with Crippen LogP contribution in [0.3, 0.4) is 0 Å². The molecule has 0 fully saturated rings. The maximum atomic E-state index is 12.6. The normalized spacial score (nSPS) is 12.2. The zero-order valence-corrected chi connectivity index (χ0v) is 9.77. The number of alkyl halides is 3. The first-order chi connectivity index (χ1) is 8.95. The van der Waals surface area contributed by atoms with E-state index >= 15 is 0 Å². The molecule has 0 spiro atoms. The first kappa shape index (κ1) is 11.8. The van der Waals surface area contributed by atoms with Crippen LogP contribution in [-0.4, -0.2) is 29.9 Å². The maximum Gasteiger partial charge on any atom is 0.453 e. The second-order valence-corrected chi connectivity index (χ2v) is 4.51. The number of rotatable bonds is 1. The molecule has 0 saturated carbocycles. The van der Waals surface area contributed by atoms with Crippen molar-refractivity contribution in [1.82, 2.24) is 24.8 Å². The van der Waals surface area contributed by atoms with E-state index in [0.29, 0.717) is 10.1 Å². The Morgan fingerprint density at radius 2 is 2.00 bits per heavy atom. The molecule has 0 unspecified atom stereocenters. The van der Waals surface area contributed by atoms with Gasteiger partial charge in [-0.05, 0) is 6.07 Å². The van der Waals surface area contributed by atoms with E-state index in [1.807, 2.05) is 0 Å². The van der Waals surface area contributed by atoms with Crippen molar-refractivity contribution in [3.8, 4) is 16.3 Å². The fourth-order valence-corrected chi connectivity index (χ4v) is 2.28. The van der Waals surface area contributed by atoms with Crippen molar-refractivity contribution in [3.63, 3.8) is 0 Å². The Balaban J connectivity index is 2.15. The Bertz CT molecular complexity index is 750. The summed E-state index contributed by atoms with van der Waals surface area (Å²) in [5.41, 5.74) is 0.406. The van der Waals surface area contributed by atoms with Crippen molar-refractivity contribution in [2.45, 2.75) is 6.18 Å². The van der Waals surface area contributed by atoms with Gasteiger partial charge < -0.3 is 5.11 Å². The Morgan fingerprint density at radius 3 is 2.68 bits per heavy atom. The number of pyridine rings is 1. The van der Waals surface area contributed by atoms with Crippen molar-refractivity contribution in [1.29, 1.82) is 0 Å². The van der Waals surface area contributed by atoms with E-state index in [0.717, 1.165) is 11.3 Å². The molecule has 0 radical (unpaired) electrons. The van der Waals surface area contributed by atoms with Gasteiger partial charge in [0.05, 0.1) is 6.20 Å². The largest absolute Gasteiger partial charge is 0.506 e. The van der Waals surface area contributed by atoms with Gasteiger partial charge >= 0.3 is 6.18 Å². The first-order valence-corrected chi connectivity index (χ1v) is 5.70. The molecule has 6 nitrogen and oxygen atoms in total. The van der Waals surface area contributed by atoms with Gasteiger partial charge in [0, 0.05) is 11.8 Å². The van der Waals surface area contributed by atoms with Crippen LogP contribution in [0.4, 0.5) is 13.2 Å². The van der Waals surface area contributed by atoms with Crippen LogP contribution >= 0.6 is 11.3 Å². The van der Waals surface area contributed by atoms with Gasteiger partial charge in [-0.25, -0.2) is 0 Å². The van der Waals surface area contributed by atoms with E-state index in [1.165, 1.54) is 18.5 Å². The summed E-state index contributed by atoms with van der Waals surface area (Å²) in [6.07, 6.45) is -2.02. The zero-order valence-electron chi connectivity index (χ0n) is 8.96. The molecule has 3 aromatic rings. The lowest BCUT2D eigenvalue weighted by molar-refractivity contribution is -0.146. The Labute approximate surface area is 107 Å². The van der Waals surface area contributed by atoms with Crippen molar-refractivity contribution < 1.29 is 18.3 Å². The topological polar surface area (TPSA) is 76.2 Å². The minimum absolute atomic E-state index is 0.0191. The third kappa shape index (κ3) is 1.99. The fourth-order valence-electron chi connectivity index (χ4n) is 1.46. The van der Waals surface area contributed by atoms with Crippen LogP contribution in [0.15, 0.2) is 18.5 Å². The minimum atomic E-state index is -4.62. The summed E-state index contributed by atoms with van der Waals surface area (Å²) in [7, 11) is 0. The Kier molecular flexibility index (Phi) is 2.42. The average molecular weight is 287 g/mol. The summed E-state index contributed by atoms with van der Waals surface area (Å²) in [6.45, 7) is 0. The highest BCUT2D eigenvalue weighted by Gasteiger charge is 2.38. The van der Waals surface area contributed by atoms with Crippen LogP contribution in [0.5, 0.6) is 5.75 Å². The molecule has 19 heavy (non-hydrogen) atoms. The third-order valence-electron chi connectivity index (χ3n) is 2.22. The van der Waals surface area contributed by atoms with E-state index in [1.54, 1.807) is 0 Å². The molecule has 0 aliphatic carbocycles. The molecule has 0 bridgehead atoms. The number of nitrogens with zero attached hydrogens (tertiary/aromatic N) is 5. The number of aromatic hydroxyl groups is 1. The van der Waals surface area contributed by atoms with E-state index in [-0.39, 0.29) is 15.7 Å². The number of halogens is 3. The first-order valence-electron chi connectivity index (χ1n) is 4.89. The van der Waals surface area contributed by atoms with Crippen LogP contribution in [0, 0.1) is 0 Å². The smallest absolute Gasteiger partial charge is 0.453 e. The lowest BCUT2D eigenvalue weighted by Gasteiger charge is -2.00. The van der Waals surface area contributed by atoms with Crippen molar-refractivity contribution in [3.05, 3.63) is 24.3 Å². The van der Waals surface area contributed by atoms with Crippen LogP contribution < -0.4 is 0 Å². The third-order valence-corrected chi connectivity index (χ3v) is 3.16. The monoisotopic (exact) mass is 287 g/mol. The predicted molar refractivity (Wildman–Crippen MR) is 58.6 cm³/mol. The molecular weight excluding hydrogens is 283 g/mol. The molecule has 3 heterocycles. The summed E-state index contributed by atoms with van der Waals surface area (Å²) in [6, 6.07) is 1.35. The SMILES string of the molecule is Oc1cncc(-c2nn3c(C(F)(F)F)nnc3s2)c1. The molecular formula is C9H4F3N5OS. The lowest BCUT2D eigenvalue weighted by atomic mass is 10.3. The second-order valence-electron chi connectivity index (χ2n) is 3.55. The molecule has 0 atom stereocenters. The lowest BCUT2D eigenvalue weighted by Crippen LogP contribution is -2.11. The summed E-state index contributed by atoms with van der Waals surface area (Å²) in [5, 5.41) is 19.8. The number of aromatic nitrogens is 5. The standard InChI is InChI=1S/C9H4F3N5OS/c10-9(11,12)7-14-15-8-17(7)16-6(19-8)4-1-5(18)3-13-2-4/h1-3,18H. The van der Waals surface area contributed by atoms with Crippen LogP contribution in [0.1, 0.15) is 5.82 Å². The zero-order chi connectivity index (χ0) is 13.6. The van der Waals surface area contributed by atoms with Crippen LogP contribution in [0.2, 0.25) is 0 Å². The number of hydrogen-bond acceptors (Lipinski definition) is 6. The summed E-state index contributed by atoms with van der Waals surface area (Å²) >= 11 is 0.923. The molecule has 0 aliphatic heterocycles. The molecule has 0 amide bonds. The van der Waals surface area contributed by atoms with Crippen molar-refractivity contribution >= 4 is 16.3 Å². The van der Waals surface area contributed by atoms with Gasteiger partial charge in [0.1, 0.15) is 10.8 Å². The van der Waals surface area contributed by atoms with Crippen molar-refractivity contribution in [2.24, 2.45) is 0 Å². The highest BCUT2D eigenvalue weighted by molar-refractivity contribution is 7.19. The van der Waals surface area contributed by atoms with Crippen molar-refractivity contribution in [2.75, 3.05) is 0 Å². The van der Waals surface area contributed by atoms with E-state index in [9.17, 15) is 18.3 Å². The molecule has 1 N–H and O–H groups in total. The van der Waals surface area contributed by atoms with Gasteiger partial charge in [-0.15, -0.1) is 10.2 Å². The quantitative estimate of drug-likeness (QED) is 0.740. The fraction of sp³-hybridized carbons (Fsp3) is 0.111. The van der Waals surface area contributed by atoms with Gasteiger partial charge in [-0.3, -0.25) is 4.98 Å². The molecule has 3 rings (SSSR count). The number of hydrogen-bond donors (Lipinski definition) is 1. The van der Waals surface area contributed by atoms with Crippen LogP contribution in [-0.2, 0) is 6.18 Å². The van der Waals surface area contributed by atoms with E-state index in [2.05, 4.69) is 20.3 Å². The van der Waals surface area contributed by atoms with Gasteiger partial charge in [0.25, 0.3) is 5.82 Å². The molecule has 0 aliphatic rings. The second kappa shape index (κ2) is 3.88. The Morgan fingerprint density at radius 1 is 1.21 bits per heavy atom.